The number of nitrogens with one attached hydrogen (secondary N) is 2. The summed E-state index contributed by atoms with van der Waals surface area (Å²) in [6, 6.07) is 11.6. The Bertz CT molecular complexity index is 1000. The molecule has 0 unspecified atom stereocenters. The third-order valence-corrected chi connectivity index (χ3v) is 5.91. The molecule has 3 aromatic rings. The lowest BCUT2D eigenvalue weighted by atomic mass is 10.2. The molecule has 0 saturated heterocycles. The molecular weight excluding hydrogens is 442 g/mol. The van der Waals surface area contributed by atoms with Crippen LogP contribution in [0.15, 0.2) is 46.8 Å². The van der Waals surface area contributed by atoms with Gasteiger partial charge in [-0.3, -0.25) is 4.79 Å². The van der Waals surface area contributed by atoms with Crippen LogP contribution in [0, 0.1) is 6.92 Å². The molecule has 0 atom stereocenters. The Morgan fingerprint density at radius 3 is 2.83 bits per heavy atom. The lowest BCUT2D eigenvalue weighted by Gasteiger charge is -2.11. The number of hydrogen-bond acceptors (Lipinski definition) is 7. The van der Waals surface area contributed by atoms with Crippen LogP contribution in [0.25, 0.3) is 0 Å². The number of thioether (sulfide) groups is 1. The van der Waals surface area contributed by atoms with Crippen LogP contribution in [-0.4, -0.2) is 28.5 Å². The van der Waals surface area contributed by atoms with Gasteiger partial charge in [-0.15, -0.1) is 10.2 Å². The summed E-state index contributed by atoms with van der Waals surface area (Å²) in [7, 11) is 0. The van der Waals surface area contributed by atoms with Crippen molar-refractivity contribution < 1.29 is 18.3 Å². The Balaban J connectivity index is 1.54. The standard InChI is InChI=1S/C18H15ClF2N4O2S2/c1-10-6-7-11(8-12(10)19)22-17-24-25-18(29-17)28-9-15(26)23-13-4-2-3-5-14(13)27-16(20)21/h2-8,16H,9H2,1H3,(H,22,24)(H,23,26). The fraction of sp³-hybridized carbons (Fsp3) is 0.167. The van der Waals surface area contributed by atoms with E-state index >= 15 is 0 Å². The highest BCUT2D eigenvalue weighted by Crippen LogP contribution is 2.30. The maximum atomic E-state index is 12.4. The number of anilines is 3. The molecular formula is C18H15ClF2N4O2S2. The number of alkyl halides is 2. The van der Waals surface area contributed by atoms with E-state index in [0.29, 0.717) is 14.5 Å². The van der Waals surface area contributed by atoms with Crippen molar-refractivity contribution in [3.8, 4) is 5.75 Å². The third kappa shape index (κ3) is 6.28. The van der Waals surface area contributed by atoms with Crippen LogP contribution in [0.1, 0.15) is 5.56 Å². The molecule has 1 heterocycles. The van der Waals surface area contributed by atoms with Gasteiger partial charge in [0.05, 0.1) is 11.4 Å². The molecule has 11 heteroatoms. The summed E-state index contributed by atoms with van der Waals surface area (Å²) in [5.74, 6) is -0.441. The van der Waals surface area contributed by atoms with Crippen LogP contribution in [0.5, 0.6) is 5.75 Å². The topological polar surface area (TPSA) is 76.1 Å². The van der Waals surface area contributed by atoms with E-state index < -0.39 is 6.61 Å². The SMILES string of the molecule is Cc1ccc(Nc2nnc(SCC(=O)Nc3ccccc3OC(F)F)s2)cc1Cl. The number of rotatable bonds is 8. The number of ether oxygens (including phenoxy) is 1. The minimum Gasteiger partial charge on any atom is -0.433 e. The number of amides is 1. The Kier molecular flexibility index (Phi) is 7.24. The monoisotopic (exact) mass is 456 g/mol. The van der Waals surface area contributed by atoms with Gasteiger partial charge >= 0.3 is 6.61 Å². The highest BCUT2D eigenvalue weighted by atomic mass is 35.5. The molecule has 0 spiro atoms. The van der Waals surface area contributed by atoms with E-state index in [9.17, 15) is 13.6 Å². The molecule has 3 rings (SSSR count). The fourth-order valence-electron chi connectivity index (χ4n) is 2.19. The van der Waals surface area contributed by atoms with Crippen molar-refractivity contribution in [2.75, 3.05) is 16.4 Å². The molecule has 6 nitrogen and oxygen atoms in total. The van der Waals surface area contributed by atoms with Crippen molar-refractivity contribution in [1.29, 1.82) is 0 Å². The number of hydrogen-bond donors (Lipinski definition) is 2. The van der Waals surface area contributed by atoms with Crippen molar-refractivity contribution >= 4 is 57.1 Å². The van der Waals surface area contributed by atoms with Gasteiger partial charge in [-0.2, -0.15) is 8.78 Å². The Hall–Kier alpha value is -2.43. The smallest absolute Gasteiger partial charge is 0.387 e. The number of para-hydroxylation sites is 2. The molecule has 29 heavy (non-hydrogen) atoms. The Morgan fingerprint density at radius 1 is 1.28 bits per heavy atom. The summed E-state index contributed by atoms with van der Waals surface area (Å²) >= 11 is 8.57. The number of aromatic nitrogens is 2. The molecule has 0 radical (unpaired) electrons. The van der Waals surface area contributed by atoms with Gasteiger partial charge < -0.3 is 15.4 Å². The number of carbonyl (C=O) groups is 1. The van der Waals surface area contributed by atoms with Crippen LogP contribution in [-0.2, 0) is 4.79 Å². The summed E-state index contributed by atoms with van der Waals surface area (Å²) < 4.78 is 29.9. The predicted molar refractivity (Wildman–Crippen MR) is 112 cm³/mol. The zero-order valence-electron chi connectivity index (χ0n) is 15.0. The molecule has 0 aliphatic carbocycles. The zero-order chi connectivity index (χ0) is 20.8. The van der Waals surface area contributed by atoms with E-state index in [4.69, 9.17) is 11.6 Å². The second kappa shape index (κ2) is 9.86. The highest BCUT2D eigenvalue weighted by molar-refractivity contribution is 8.01. The molecule has 0 saturated carbocycles. The molecule has 0 aliphatic rings. The average molecular weight is 457 g/mol. The minimum absolute atomic E-state index is 0.0357. The average Bonchev–Trinajstić information content (AvgIpc) is 3.12. The first-order valence-electron chi connectivity index (χ1n) is 8.24. The predicted octanol–water partition coefficient (Wildman–Crippen LogP) is 5.58. The first-order valence-corrected chi connectivity index (χ1v) is 10.4. The van der Waals surface area contributed by atoms with Gasteiger partial charge in [-0.05, 0) is 36.8 Å². The first kappa shape index (κ1) is 21.3. The van der Waals surface area contributed by atoms with Crippen molar-refractivity contribution in [1.82, 2.24) is 10.2 Å². The summed E-state index contributed by atoms with van der Waals surface area (Å²) in [6.45, 7) is -1.06. The van der Waals surface area contributed by atoms with Crippen LogP contribution in [0.4, 0.5) is 25.3 Å². The van der Waals surface area contributed by atoms with E-state index in [1.807, 2.05) is 19.1 Å². The van der Waals surface area contributed by atoms with Gasteiger partial charge in [0.25, 0.3) is 0 Å². The van der Waals surface area contributed by atoms with Crippen LogP contribution in [0.2, 0.25) is 5.02 Å². The molecule has 0 bridgehead atoms. The number of aryl methyl sites for hydroxylation is 1. The van der Waals surface area contributed by atoms with Crippen molar-refractivity contribution in [2.24, 2.45) is 0 Å². The number of carbonyl (C=O) groups excluding carboxylic acids is 1. The summed E-state index contributed by atoms with van der Waals surface area (Å²) in [4.78, 5) is 12.1. The lowest BCUT2D eigenvalue weighted by molar-refractivity contribution is -0.113. The van der Waals surface area contributed by atoms with Gasteiger partial charge in [0.1, 0.15) is 5.75 Å². The summed E-state index contributed by atoms with van der Waals surface area (Å²) in [5, 5.41) is 14.9. The van der Waals surface area contributed by atoms with Crippen LogP contribution in [0.3, 0.4) is 0 Å². The van der Waals surface area contributed by atoms with Gasteiger partial charge in [0.2, 0.25) is 11.0 Å². The molecule has 0 aliphatic heterocycles. The van der Waals surface area contributed by atoms with E-state index in [2.05, 4.69) is 25.6 Å². The first-order chi connectivity index (χ1) is 13.9. The number of nitrogens with zero attached hydrogens (tertiary/aromatic N) is 2. The summed E-state index contributed by atoms with van der Waals surface area (Å²) in [5.41, 5.74) is 1.92. The van der Waals surface area contributed by atoms with E-state index in [1.165, 1.54) is 35.2 Å². The Morgan fingerprint density at radius 2 is 2.07 bits per heavy atom. The quantitative estimate of drug-likeness (QED) is 0.431. The lowest BCUT2D eigenvalue weighted by Crippen LogP contribution is -2.15. The van der Waals surface area contributed by atoms with Crippen molar-refractivity contribution in [3.63, 3.8) is 0 Å². The molecule has 1 aromatic heterocycles. The maximum Gasteiger partial charge on any atom is 0.387 e. The van der Waals surface area contributed by atoms with Crippen molar-refractivity contribution in [3.05, 3.63) is 53.1 Å². The maximum absolute atomic E-state index is 12.4. The molecule has 2 N–H and O–H groups in total. The molecule has 2 aromatic carbocycles. The van der Waals surface area contributed by atoms with Gasteiger partial charge in [-0.25, -0.2) is 0 Å². The number of halogens is 3. The van der Waals surface area contributed by atoms with Crippen LogP contribution < -0.4 is 15.4 Å². The minimum atomic E-state index is -2.97. The zero-order valence-corrected chi connectivity index (χ0v) is 17.4. The summed E-state index contributed by atoms with van der Waals surface area (Å²) in [6.07, 6.45) is 0. The van der Waals surface area contributed by atoms with E-state index in [-0.39, 0.29) is 23.1 Å². The van der Waals surface area contributed by atoms with Crippen LogP contribution >= 0.6 is 34.7 Å². The second-order valence-electron chi connectivity index (χ2n) is 5.67. The van der Waals surface area contributed by atoms with E-state index in [1.54, 1.807) is 18.2 Å². The van der Waals surface area contributed by atoms with Gasteiger partial charge in [-0.1, -0.05) is 52.9 Å². The van der Waals surface area contributed by atoms with Gasteiger partial charge in [0.15, 0.2) is 4.34 Å². The normalized spacial score (nSPS) is 10.8. The Labute approximate surface area is 178 Å². The van der Waals surface area contributed by atoms with Crippen molar-refractivity contribution in [2.45, 2.75) is 17.9 Å². The molecule has 152 valence electrons. The highest BCUT2D eigenvalue weighted by Gasteiger charge is 2.13. The largest absolute Gasteiger partial charge is 0.433 e. The van der Waals surface area contributed by atoms with Gasteiger partial charge in [0, 0.05) is 10.7 Å². The second-order valence-corrected chi connectivity index (χ2v) is 8.28. The molecule has 0 fully saturated rings. The molecule has 1 amide bonds. The number of benzene rings is 2. The fourth-order valence-corrected chi connectivity index (χ4v) is 3.95. The third-order valence-electron chi connectivity index (χ3n) is 3.53. The van der Waals surface area contributed by atoms with E-state index in [0.717, 1.165) is 11.3 Å².